The molecule has 25 heavy (non-hydrogen) atoms. The van der Waals surface area contributed by atoms with Crippen molar-refractivity contribution < 1.29 is 4.42 Å². The first-order valence-corrected chi connectivity index (χ1v) is 9.11. The van der Waals surface area contributed by atoms with Crippen LogP contribution in [-0.2, 0) is 12.0 Å². The van der Waals surface area contributed by atoms with E-state index in [0.29, 0.717) is 12.4 Å². The Bertz CT molecular complexity index is 516. The first kappa shape index (κ1) is 22.2. The predicted octanol–water partition coefficient (Wildman–Crippen LogP) is 3.13. The van der Waals surface area contributed by atoms with E-state index in [1.165, 1.54) is 38.8 Å². The molecule has 1 saturated heterocycles. The average molecular weight is 463 g/mol. The smallest absolute Gasteiger partial charge is 0.213 e. The van der Waals surface area contributed by atoms with E-state index in [9.17, 15) is 0 Å². The van der Waals surface area contributed by atoms with E-state index in [1.54, 1.807) is 7.05 Å². The molecule has 1 aliphatic heterocycles. The van der Waals surface area contributed by atoms with E-state index in [1.807, 2.05) is 6.20 Å². The highest BCUT2D eigenvalue weighted by atomic mass is 127. The maximum atomic E-state index is 5.79. The SMILES string of the molecule is CN=C(NCCN1CCCCCC1)NCc1ncc(C(C)(C)C)o1.I. The third-order valence-electron chi connectivity index (χ3n) is 4.34. The summed E-state index contributed by atoms with van der Waals surface area (Å²) in [5.74, 6) is 2.39. The van der Waals surface area contributed by atoms with Crippen molar-refractivity contribution in [3.05, 3.63) is 17.8 Å². The molecule has 0 unspecified atom stereocenters. The summed E-state index contributed by atoms with van der Waals surface area (Å²) < 4.78 is 5.79. The zero-order valence-electron chi connectivity index (χ0n) is 16.1. The van der Waals surface area contributed by atoms with E-state index in [2.05, 4.69) is 46.3 Å². The van der Waals surface area contributed by atoms with Crippen LogP contribution in [-0.4, -0.2) is 49.1 Å². The number of nitrogens with one attached hydrogen (secondary N) is 2. The number of likely N-dealkylation sites (tertiary alicyclic amines) is 1. The minimum absolute atomic E-state index is 0. The molecule has 0 atom stereocenters. The molecule has 0 aliphatic carbocycles. The monoisotopic (exact) mass is 463 g/mol. The second-order valence-electron chi connectivity index (χ2n) is 7.48. The minimum Gasteiger partial charge on any atom is -0.443 e. The molecule has 1 aromatic heterocycles. The lowest BCUT2D eigenvalue weighted by Gasteiger charge is -2.20. The van der Waals surface area contributed by atoms with Crippen LogP contribution in [0.4, 0.5) is 0 Å². The largest absolute Gasteiger partial charge is 0.443 e. The van der Waals surface area contributed by atoms with E-state index in [0.717, 1.165) is 24.8 Å². The minimum atomic E-state index is -0.0155. The van der Waals surface area contributed by atoms with Crippen molar-refractivity contribution in [3.63, 3.8) is 0 Å². The number of guanidine groups is 1. The van der Waals surface area contributed by atoms with Crippen LogP contribution >= 0.6 is 24.0 Å². The van der Waals surface area contributed by atoms with Crippen molar-refractivity contribution in [1.82, 2.24) is 20.5 Å². The van der Waals surface area contributed by atoms with Gasteiger partial charge >= 0.3 is 0 Å². The summed E-state index contributed by atoms with van der Waals surface area (Å²) in [7, 11) is 1.79. The van der Waals surface area contributed by atoms with Crippen molar-refractivity contribution in [3.8, 4) is 0 Å². The van der Waals surface area contributed by atoms with Gasteiger partial charge in [-0.15, -0.1) is 24.0 Å². The van der Waals surface area contributed by atoms with Crippen molar-refractivity contribution in [2.75, 3.05) is 33.2 Å². The Kier molecular flexibility index (Phi) is 9.78. The number of nitrogens with zero attached hydrogens (tertiary/aromatic N) is 3. The number of halogens is 1. The van der Waals surface area contributed by atoms with Gasteiger partial charge < -0.3 is 20.0 Å². The van der Waals surface area contributed by atoms with E-state index >= 15 is 0 Å². The maximum Gasteiger partial charge on any atom is 0.213 e. The van der Waals surface area contributed by atoms with Crippen LogP contribution in [0.25, 0.3) is 0 Å². The Morgan fingerprint density at radius 1 is 1.20 bits per heavy atom. The molecule has 6 nitrogen and oxygen atoms in total. The molecule has 0 bridgehead atoms. The molecule has 2 rings (SSSR count). The van der Waals surface area contributed by atoms with Gasteiger partial charge in [0.15, 0.2) is 5.96 Å². The summed E-state index contributed by atoms with van der Waals surface area (Å²) >= 11 is 0. The summed E-state index contributed by atoms with van der Waals surface area (Å²) in [4.78, 5) is 11.1. The van der Waals surface area contributed by atoms with Gasteiger partial charge in [0.05, 0.1) is 12.7 Å². The molecular formula is C18H34IN5O. The molecule has 0 spiro atoms. The van der Waals surface area contributed by atoms with Gasteiger partial charge in [-0.05, 0) is 25.9 Å². The molecule has 2 heterocycles. The van der Waals surface area contributed by atoms with Crippen LogP contribution in [0.15, 0.2) is 15.6 Å². The van der Waals surface area contributed by atoms with Crippen LogP contribution in [0.2, 0.25) is 0 Å². The lowest BCUT2D eigenvalue weighted by atomic mass is 9.94. The van der Waals surface area contributed by atoms with Crippen LogP contribution in [0, 0.1) is 0 Å². The molecular weight excluding hydrogens is 429 g/mol. The van der Waals surface area contributed by atoms with Crippen LogP contribution in [0.1, 0.15) is 58.1 Å². The average Bonchev–Trinajstić information content (AvgIpc) is 2.88. The van der Waals surface area contributed by atoms with Gasteiger partial charge in [-0.3, -0.25) is 4.99 Å². The number of rotatable bonds is 5. The molecule has 7 heteroatoms. The van der Waals surface area contributed by atoms with Gasteiger partial charge in [0.2, 0.25) is 5.89 Å². The normalized spacial score (nSPS) is 16.9. The van der Waals surface area contributed by atoms with E-state index in [4.69, 9.17) is 4.42 Å². The van der Waals surface area contributed by atoms with Crippen molar-refractivity contribution in [2.45, 2.75) is 58.4 Å². The van der Waals surface area contributed by atoms with Crippen molar-refractivity contribution >= 4 is 29.9 Å². The fourth-order valence-corrected chi connectivity index (χ4v) is 2.81. The highest BCUT2D eigenvalue weighted by Gasteiger charge is 2.19. The van der Waals surface area contributed by atoms with Gasteiger partial charge in [-0.25, -0.2) is 4.98 Å². The molecule has 1 aromatic rings. The van der Waals surface area contributed by atoms with E-state index < -0.39 is 0 Å². The molecule has 0 amide bonds. The summed E-state index contributed by atoms with van der Waals surface area (Å²) in [6, 6.07) is 0. The fourth-order valence-electron chi connectivity index (χ4n) is 2.81. The quantitative estimate of drug-likeness (QED) is 0.399. The summed E-state index contributed by atoms with van der Waals surface area (Å²) in [6.07, 6.45) is 7.22. The lowest BCUT2D eigenvalue weighted by molar-refractivity contribution is 0.289. The van der Waals surface area contributed by atoms with Gasteiger partial charge in [-0.2, -0.15) is 0 Å². The zero-order valence-corrected chi connectivity index (χ0v) is 18.4. The van der Waals surface area contributed by atoms with Gasteiger partial charge in [-0.1, -0.05) is 33.6 Å². The zero-order chi connectivity index (χ0) is 17.4. The summed E-state index contributed by atoms with van der Waals surface area (Å²) in [5, 5.41) is 6.64. The third-order valence-corrected chi connectivity index (χ3v) is 4.34. The Morgan fingerprint density at radius 3 is 2.44 bits per heavy atom. The highest BCUT2D eigenvalue weighted by molar-refractivity contribution is 14.0. The Hall–Kier alpha value is -0.830. The molecule has 0 saturated carbocycles. The second kappa shape index (κ2) is 11.0. The molecule has 2 N–H and O–H groups in total. The molecule has 0 aromatic carbocycles. The second-order valence-corrected chi connectivity index (χ2v) is 7.48. The number of hydrogen-bond donors (Lipinski definition) is 2. The maximum absolute atomic E-state index is 5.79. The molecule has 1 aliphatic rings. The molecule has 0 radical (unpaired) electrons. The highest BCUT2D eigenvalue weighted by Crippen LogP contribution is 2.22. The molecule has 144 valence electrons. The van der Waals surface area contributed by atoms with Crippen LogP contribution in [0.5, 0.6) is 0 Å². The summed E-state index contributed by atoms with van der Waals surface area (Å²) in [6.45, 7) is 11.3. The van der Waals surface area contributed by atoms with Crippen LogP contribution < -0.4 is 10.6 Å². The van der Waals surface area contributed by atoms with Gasteiger partial charge in [0, 0.05) is 25.6 Å². The van der Waals surface area contributed by atoms with Crippen LogP contribution in [0.3, 0.4) is 0 Å². The summed E-state index contributed by atoms with van der Waals surface area (Å²) in [5.41, 5.74) is -0.0155. The Morgan fingerprint density at radius 2 is 1.88 bits per heavy atom. The first-order chi connectivity index (χ1) is 11.5. The lowest BCUT2D eigenvalue weighted by Crippen LogP contribution is -2.41. The number of aliphatic imine (C=N–C) groups is 1. The third kappa shape index (κ3) is 7.94. The number of aromatic nitrogens is 1. The standard InChI is InChI=1S/C18H33N5O.HI/c1-18(2,3)15-13-21-16(24-15)14-22-17(19-4)20-9-12-23-10-7-5-6-8-11-23;/h13H,5-12,14H2,1-4H3,(H2,19,20,22);1H. The first-order valence-electron chi connectivity index (χ1n) is 9.11. The Balaban J connectivity index is 0.00000312. The topological polar surface area (TPSA) is 65.7 Å². The predicted molar refractivity (Wildman–Crippen MR) is 114 cm³/mol. The number of oxazole rings is 1. The van der Waals surface area contributed by atoms with Gasteiger partial charge in [0.25, 0.3) is 0 Å². The fraction of sp³-hybridized carbons (Fsp3) is 0.778. The van der Waals surface area contributed by atoms with E-state index in [-0.39, 0.29) is 29.4 Å². The van der Waals surface area contributed by atoms with Gasteiger partial charge in [0.1, 0.15) is 5.76 Å². The number of hydrogen-bond acceptors (Lipinski definition) is 4. The molecule has 1 fully saturated rings. The van der Waals surface area contributed by atoms with Crippen molar-refractivity contribution in [1.29, 1.82) is 0 Å². The Labute approximate surface area is 169 Å². The van der Waals surface area contributed by atoms with Crippen molar-refractivity contribution in [2.24, 2.45) is 4.99 Å².